The average molecular weight is 604 g/mol. The molecule has 5 aromatic rings. The fourth-order valence-corrected chi connectivity index (χ4v) is 5.57. The molecular weight excluding hydrogens is 566 g/mol. The van der Waals surface area contributed by atoms with Crippen molar-refractivity contribution in [2.75, 3.05) is 38.1 Å². The van der Waals surface area contributed by atoms with Crippen LogP contribution in [0, 0.1) is 0 Å². The lowest BCUT2D eigenvalue weighted by Crippen LogP contribution is -2.54. The molecule has 0 radical (unpaired) electrons. The van der Waals surface area contributed by atoms with Crippen LogP contribution >= 0.6 is 0 Å². The number of para-hydroxylation sites is 1. The molecule has 0 spiro atoms. The zero-order chi connectivity index (χ0) is 30.8. The van der Waals surface area contributed by atoms with Crippen molar-refractivity contribution in [2.45, 2.75) is 25.5 Å². The van der Waals surface area contributed by atoms with Crippen molar-refractivity contribution in [2.24, 2.45) is 0 Å². The predicted molar refractivity (Wildman–Crippen MR) is 174 cm³/mol. The number of fused-ring (bicyclic) bond motifs is 1. The van der Waals surface area contributed by atoms with Gasteiger partial charge in [0.15, 0.2) is 11.5 Å². The molecule has 0 aliphatic carbocycles. The number of urea groups is 1. The average Bonchev–Trinajstić information content (AvgIpc) is 3.49. The summed E-state index contributed by atoms with van der Waals surface area (Å²) in [6.07, 6.45) is 3.14. The monoisotopic (exact) mass is 603 g/mol. The van der Waals surface area contributed by atoms with Crippen LogP contribution in [0.2, 0.25) is 0 Å². The molecule has 0 unspecified atom stereocenters. The number of nitrogens with one attached hydrogen (secondary N) is 4. The van der Waals surface area contributed by atoms with Crippen molar-refractivity contribution in [3.05, 3.63) is 125 Å². The minimum Gasteiger partial charge on any atom is -0.375 e. The van der Waals surface area contributed by atoms with E-state index < -0.39 is 0 Å². The third-order valence-electron chi connectivity index (χ3n) is 7.89. The quantitative estimate of drug-likeness (QED) is 0.176. The third kappa shape index (κ3) is 7.91. The maximum absolute atomic E-state index is 13.6. The zero-order valence-electron chi connectivity index (χ0n) is 25.0. The molecule has 45 heavy (non-hydrogen) atoms. The fourth-order valence-electron chi connectivity index (χ4n) is 5.57. The van der Waals surface area contributed by atoms with E-state index in [1.807, 2.05) is 85.1 Å². The van der Waals surface area contributed by atoms with Gasteiger partial charge in [0.05, 0.1) is 13.2 Å². The van der Waals surface area contributed by atoms with Gasteiger partial charge in [-0.2, -0.15) is 0 Å². The zero-order valence-corrected chi connectivity index (χ0v) is 25.0. The first-order chi connectivity index (χ1) is 22.1. The van der Waals surface area contributed by atoms with Gasteiger partial charge in [-0.15, -0.1) is 10.2 Å². The number of rotatable bonds is 11. The Morgan fingerprint density at radius 3 is 2.49 bits per heavy atom. The maximum atomic E-state index is 13.6. The molecule has 4 N–H and O–H groups in total. The van der Waals surface area contributed by atoms with E-state index in [4.69, 9.17) is 4.74 Å². The molecule has 3 heterocycles. The standard InChI is InChI=1S/C35H37N7O3/c43-34(42-18-17-36-29(22-42)24-45-23-26-11-5-2-6-12-26)32-20-28(19-25-9-3-1-4-10-25)33(41-40-32)39-35(44)37-16-15-27-21-38-31-14-8-7-13-30(27)31/h1-14,20-21,29,36,38H,15-19,22-24H2,(H2,37,39,41,44)/t29-/m1/s1. The maximum Gasteiger partial charge on any atom is 0.320 e. The van der Waals surface area contributed by atoms with Gasteiger partial charge in [0.2, 0.25) is 0 Å². The van der Waals surface area contributed by atoms with Gasteiger partial charge in [0.25, 0.3) is 5.91 Å². The van der Waals surface area contributed by atoms with E-state index in [2.05, 4.69) is 37.2 Å². The van der Waals surface area contributed by atoms with Gasteiger partial charge in [-0.3, -0.25) is 10.1 Å². The van der Waals surface area contributed by atoms with E-state index in [1.54, 1.807) is 11.0 Å². The number of aromatic nitrogens is 3. The molecule has 1 atom stereocenters. The van der Waals surface area contributed by atoms with Gasteiger partial charge in [0, 0.05) is 61.3 Å². The number of H-pyrrole nitrogens is 1. The van der Waals surface area contributed by atoms with E-state index in [9.17, 15) is 9.59 Å². The number of nitrogens with zero attached hydrogens (tertiary/aromatic N) is 3. The van der Waals surface area contributed by atoms with Crippen molar-refractivity contribution in [3.63, 3.8) is 0 Å². The molecule has 1 fully saturated rings. The van der Waals surface area contributed by atoms with E-state index in [1.165, 1.54) is 0 Å². The Morgan fingerprint density at radius 2 is 1.67 bits per heavy atom. The van der Waals surface area contributed by atoms with Crippen LogP contribution in [-0.4, -0.2) is 70.8 Å². The summed E-state index contributed by atoms with van der Waals surface area (Å²) in [6.45, 7) is 3.18. The Kier molecular flexibility index (Phi) is 9.74. The second kappa shape index (κ2) is 14.6. The first kappa shape index (κ1) is 30.0. The molecule has 10 heteroatoms. The van der Waals surface area contributed by atoms with Crippen LogP contribution in [0.15, 0.2) is 97.2 Å². The summed E-state index contributed by atoms with van der Waals surface area (Å²) < 4.78 is 5.92. The van der Waals surface area contributed by atoms with E-state index in [-0.39, 0.29) is 23.7 Å². The van der Waals surface area contributed by atoms with Crippen molar-refractivity contribution < 1.29 is 14.3 Å². The summed E-state index contributed by atoms with van der Waals surface area (Å²) in [6, 6.07) is 29.4. The first-order valence-corrected chi connectivity index (χ1v) is 15.3. The largest absolute Gasteiger partial charge is 0.375 e. The molecule has 1 saturated heterocycles. The number of benzene rings is 3. The van der Waals surface area contributed by atoms with Crippen LogP contribution in [0.5, 0.6) is 0 Å². The molecule has 3 amide bonds. The molecule has 2 aromatic heterocycles. The Labute approximate surface area is 262 Å². The molecule has 6 rings (SSSR count). The van der Waals surface area contributed by atoms with Gasteiger partial charge in [0.1, 0.15) is 0 Å². The van der Waals surface area contributed by atoms with Gasteiger partial charge in [-0.25, -0.2) is 4.79 Å². The molecule has 1 aliphatic heterocycles. The minimum absolute atomic E-state index is 0.0112. The SMILES string of the molecule is O=C(NCCc1c[nH]c2ccccc12)Nc1nnc(C(=O)N2CCN[C@@H](COCc3ccccc3)C2)cc1Cc1ccccc1. The number of aromatic amines is 1. The van der Waals surface area contributed by atoms with Gasteiger partial charge in [-0.1, -0.05) is 78.9 Å². The summed E-state index contributed by atoms with van der Waals surface area (Å²) in [4.78, 5) is 31.5. The van der Waals surface area contributed by atoms with Crippen molar-refractivity contribution in [1.29, 1.82) is 0 Å². The molecule has 10 nitrogen and oxygen atoms in total. The van der Waals surface area contributed by atoms with E-state index >= 15 is 0 Å². The fraction of sp³-hybridized carbons (Fsp3) is 0.257. The Hall–Kier alpha value is -5.06. The van der Waals surface area contributed by atoms with Gasteiger partial charge in [-0.05, 0) is 35.2 Å². The molecular formula is C35H37N7O3. The van der Waals surface area contributed by atoms with E-state index in [0.717, 1.165) is 27.6 Å². The predicted octanol–water partition coefficient (Wildman–Crippen LogP) is 4.54. The summed E-state index contributed by atoms with van der Waals surface area (Å²) in [5, 5.41) is 18.9. The number of amides is 3. The number of ether oxygens (including phenoxy) is 1. The third-order valence-corrected chi connectivity index (χ3v) is 7.89. The van der Waals surface area contributed by atoms with Crippen LogP contribution in [0.4, 0.5) is 10.6 Å². The number of carbonyl (C=O) groups excluding carboxylic acids is 2. The highest BCUT2D eigenvalue weighted by Gasteiger charge is 2.26. The number of piperazine rings is 1. The summed E-state index contributed by atoms with van der Waals surface area (Å²) in [5.74, 6) is 0.133. The van der Waals surface area contributed by atoms with Crippen LogP contribution < -0.4 is 16.0 Å². The van der Waals surface area contributed by atoms with Crippen LogP contribution in [0.3, 0.4) is 0 Å². The number of carbonyl (C=O) groups is 2. The normalized spacial score (nSPS) is 14.8. The second-order valence-corrected chi connectivity index (χ2v) is 11.2. The Balaban J connectivity index is 1.09. The Bertz CT molecular complexity index is 1730. The van der Waals surface area contributed by atoms with Crippen molar-refractivity contribution >= 4 is 28.7 Å². The molecule has 0 bridgehead atoms. The molecule has 1 aliphatic rings. The van der Waals surface area contributed by atoms with Gasteiger partial charge >= 0.3 is 6.03 Å². The highest BCUT2D eigenvalue weighted by molar-refractivity contribution is 5.94. The van der Waals surface area contributed by atoms with E-state index in [0.29, 0.717) is 63.6 Å². The topological polar surface area (TPSA) is 124 Å². The lowest BCUT2D eigenvalue weighted by atomic mass is 10.0. The molecule has 3 aromatic carbocycles. The van der Waals surface area contributed by atoms with Gasteiger partial charge < -0.3 is 25.3 Å². The lowest BCUT2D eigenvalue weighted by Gasteiger charge is -2.33. The van der Waals surface area contributed by atoms with Crippen LogP contribution in [0.25, 0.3) is 10.9 Å². The highest BCUT2D eigenvalue weighted by atomic mass is 16.5. The number of anilines is 1. The lowest BCUT2D eigenvalue weighted by molar-refractivity contribution is 0.0542. The number of hydrogen-bond donors (Lipinski definition) is 4. The smallest absolute Gasteiger partial charge is 0.320 e. The summed E-state index contributed by atoms with van der Waals surface area (Å²) in [5.41, 5.74) is 5.31. The summed E-state index contributed by atoms with van der Waals surface area (Å²) >= 11 is 0. The summed E-state index contributed by atoms with van der Waals surface area (Å²) in [7, 11) is 0. The Morgan fingerprint density at radius 1 is 0.911 bits per heavy atom. The second-order valence-electron chi connectivity index (χ2n) is 11.2. The number of hydrogen-bond acceptors (Lipinski definition) is 6. The first-order valence-electron chi connectivity index (χ1n) is 15.3. The van der Waals surface area contributed by atoms with Crippen LogP contribution in [-0.2, 0) is 24.2 Å². The highest BCUT2D eigenvalue weighted by Crippen LogP contribution is 2.20. The van der Waals surface area contributed by atoms with Crippen molar-refractivity contribution in [1.82, 2.24) is 30.7 Å². The minimum atomic E-state index is -0.377. The molecule has 230 valence electrons. The van der Waals surface area contributed by atoms with Crippen molar-refractivity contribution in [3.8, 4) is 0 Å². The molecule has 0 saturated carbocycles. The van der Waals surface area contributed by atoms with Crippen LogP contribution in [0.1, 0.15) is 32.7 Å².